The highest BCUT2D eigenvalue weighted by atomic mass is 16.5. The Morgan fingerprint density at radius 1 is 0.582 bits per heavy atom. The van der Waals surface area contributed by atoms with Crippen LogP contribution in [0.15, 0.2) is 97.2 Å². The molecule has 0 rings (SSSR count). The highest BCUT2D eigenvalue weighted by Gasteiger charge is 2.23. The summed E-state index contributed by atoms with van der Waals surface area (Å²) in [7, 11) is 0. The topological polar surface area (TPSA) is 95.9 Å². The number of esters is 1. The van der Waals surface area contributed by atoms with Gasteiger partial charge in [0.15, 0.2) is 0 Å². The Morgan fingerprint density at radius 3 is 1.69 bits per heavy atom. The van der Waals surface area contributed by atoms with Crippen LogP contribution in [-0.4, -0.2) is 46.9 Å². The maximum Gasteiger partial charge on any atom is 0.306 e. The van der Waals surface area contributed by atoms with Crippen LogP contribution in [-0.2, 0) is 14.3 Å². The maximum absolute atomic E-state index is 13.1. The van der Waals surface area contributed by atoms with E-state index in [-0.39, 0.29) is 24.9 Å². The highest BCUT2D eigenvalue weighted by molar-refractivity contribution is 5.77. The number of ether oxygens (including phenoxy) is 1. The molecule has 0 heterocycles. The van der Waals surface area contributed by atoms with Crippen LogP contribution in [0.5, 0.6) is 0 Å². The van der Waals surface area contributed by atoms with Crippen LogP contribution in [0.2, 0.25) is 0 Å². The van der Waals surface area contributed by atoms with E-state index in [4.69, 9.17) is 4.74 Å². The van der Waals surface area contributed by atoms with Crippen molar-refractivity contribution in [2.75, 3.05) is 6.61 Å². The SMILES string of the molecule is CC/C=C/C=C/C=C\C=C/C=C/CC(CC(=O)NC(CO)C(O)CCCCCCCCCCCCC)OC(=O)CCCCCC/C=C/C/C=C/C/C=C/CC. The molecule has 0 radical (unpaired) electrons. The molecule has 0 aliphatic heterocycles. The molecular weight excluding hydrogens is 683 g/mol. The first-order valence-electron chi connectivity index (χ1n) is 22.0. The van der Waals surface area contributed by atoms with Crippen molar-refractivity contribution in [3.63, 3.8) is 0 Å². The second kappa shape index (κ2) is 41.9. The lowest BCUT2D eigenvalue weighted by atomic mass is 10.0. The number of unbranched alkanes of at least 4 members (excludes halogenated alkanes) is 14. The van der Waals surface area contributed by atoms with Crippen molar-refractivity contribution in [2.45, 2.75) is 193 Å². The molecule has 1 amide bonds. The molecule has 3 N–H and O–H groups in total. The number of aliphatic hydroxyl groups excluding tert-OH is 2. The average molecular weight is 764 g/mol. The molecule has 3 atom stereocenters. The van der Waals surface area contributed by atoms with Crippen molar-refractivity contribution in [1.29, 1.82) is 0 Å². The zero-order valence-corrected chi connectivity index (χ0v) is 35.3. The Labute approximate surface area is 337 Å². The van der Waals surface area contributed by atoms with Gasteiger partial charge in [0.2, 0.25) is 5.91 Å². The number of hydrogen-bond acceptors (Lipinski definition) is 5. The summed E-state index contributed by atoms with van der Waals surface area (Å²) in [5, 5.41) is 23.5. The van der Waals surface area contributed by atoms with E-state index in [0.29, 0.717) is 19.3 Å². The molecule has 0 aliphatic carbocycles. The van der Waals surface area contributed by atoms with Gasteiger partial charge in [0.1, 0.15) is 6.10 Å². The summed E-state index contributed by atoms with van der Waals surface area (Å²) in [4.78, 5) is 25.9. The van der Waals surface area contributed by atoms with Gasteiger partial charge in [-0.2, -0.15) is 0 Å². The van der Waals surface area contributed by atoms with Crippen molar-refractivity contribution >= 4 is 11.9 Å². The summed E-state index contributed by atoms with van der Waals surface area (Å²) < 4.78 is 5.79. The van der Waals surface area contributed by atoms with Crippen LogP contribution in [0, 0.1) is 0 Å². The van der Waals surface area contributed by atoms with Crippen molar-refractivity contribution in [3.05, 3.63) is 97.2 Å². The fourth-order valence-electron chi connectivity index (χ4n) is 5.99. The van der Waals surface area contributed by atoms with E-state index >= 15 is 0 Å². The molecule has 312 valence electrons. The van der Waals surface area contributed by atoms with Crippen molar-refractivity contribution in [3.8, 4) is 0 Å². The number of carbonyl (C=O) groups excluding carboxylic acids is 2. The molecule has 0 bridgehead atoms. The first-order valence-corrected chi connectivity index (χ1v) is 22.0. The molecule has 0 aromatic rings. The van der Waals surface area contributed by atoms with Crippen LogP contribution in [0.4, 0.5) is 0 Å². The first kappa shape index (κ1) is 51.8. The molecule has 0 aromatic heterocycles. The Hall–Kier alpha value is -3.22. The van der Waals surface area contributed by atoms with E-state index in [9.17, 15) is 19.8 Å². The Morgan fingerprint density at radius 2 is 1.09 bits per heavy atom. The molecule has 0 saturated carbocycles. The molecule has 55 heavy (non-hydrogen) atoms. The first-order chi connectivity index (χ1) is 27.0. The number of carbonyl (C=O) groups is 2. The zero-order chi connectivity index (χ0) is 40.3. The molecule has 6 heteroatoms. The predicted octanol–water partition coefficient (Wildman–Crippen LogP) is 12.6. The normalized spacial score (nSPS) is 14.3. The van der Waals surface area contributed by atoms with Gasteiger partial charge in [-0.3, -0.25) is 9.59 Å². The van der Waals surface area contributed by atoms with E-state index in [0.717, 1.165) is 77.0 Å². The molecule has 0 fully saturated rings. The summed E-state index contributed by atoms with van der Waals surface area (Å²) in [6.45, 7) is 6.14. The average Bonchev–Trinajstić information content (AvgIpc) is 3.18. The quantitative estimate of drug-likeness (QED) is 0.0253. The predicted molar refractivity (Wildman–Crippen MR) is 236 cm³/mol. The molecule has 0 aromatic carbocycles. The van der Waals surface area contributed by atoms with Gasteiger partial charge in [0.05, 0.1) is 25.2 Å². The minimum Gasteiger partial charge on any atom is -0.461 e. The minimum atomic E-state index is -0.825. The summed E-state index contributed by atoms with van der Waals surface area (Å²) >= 11 is 0. The van der Waals surface area contributed by atoms with E-state index in [1.165, 1.54) is 51.4 Å². The molecular formula is C49H81NO5. The standard InChI is InChI=1S/C49H81NO5/c1-4-7-10-13-16-19-22-23-24-27-30-33-36-39-42-49(54)55-45(40-37-34-31-28-25-20-17-14-11-8-5-2)43-48(53)50-46(44-51)47(52)41-38-35-32-29-26-21-18-15-12-9-6-3/h7-8,10-11,14,16-17,19-20,23-25,28,31,34,37,45-47,51-52H,4-6,9,12-13,15,18,21-22,26-27,29-30,32-33,35-36,38-44H2,1-3H3,(H,50,53)/b10-7+,11-8+,17-14+,19-16+,24-23+,25-20-,31-28-,37-34+. The highest BCUT2D eigenvalue weighted by Crippen LogP contribution is 2.15. The number of rotatable bonds is 37. The number of allylic oxidation sites excluding steroid dienone is 15. The summed E-state index contributed by atoms with van der Waals surface area (Å²) in [6.07, 6.45) is 54.9. The third-order valence-corrected chi connectivity index (χ3v) is 9.29. The van der Waals surface area contributed by atoms with Gasteiger partial charge in [-0.1, -0.05) is 201 Å². The Kier molecular flexibility index (Phi) is 39.5. The van der Waals surface area contributed by atoms with Crippen LogP contribution >= 0.6 is 0 Å². The molecule has 6 nitrogen and oxygen atoms in total. The van der Waals surface area contributed by atoms with Crippen molar-refractivity contribution < 1.29 is 24.5 Å². The second-order valence-electron chi connectivity index (χ2n) is 14.5. The lowest BCUT2D eigenvalue weighted by molar-refractivity contribution is -0.150. The molecule has 3 unspecified atom stereocenters. The third kappa shape index (κ3) is 37.5. The van der Waals surface area contributed by atoms with Gasteiger partial charge in [-0.05, 0) is 51.4 Å². The third-order valence-electron chi connectivity index (χ3n) is 9.29. The number of aliphatic hydroxyl groups is 2. The van der Waals surface area contributed by atoms with Crippen LogP contribution in [0.3, 0.4) is 0 Å². The van der Waals surface area contributed by atoms with E-state index in [1.54, 1.807) is 0 Å². The van der Waals surface area contributed by atoms with Crippen LogP contribution < -0.4 is 5.32 Å². The summed E-state index contributed by atoms with van der Waals surface area (Å²) in [6, 6.07) is -0.747. The van der Waals surface area contributed by atoms with Crippen LogP contribution in [0.25, 0.3) is 0 Å². The Bertz CT molecular complexity index is 1130. The maximum atomic E-state index is 13.1. The van der Waals surface area contributed by atoms with Gasteiger partial charge in [-0.15, -0.1) is 0 Å². The lowest BCUT2D eigenvalue weighted by Gasteiger charge is -2.24. The van der Waals surface area contributed by atoms with Gasteiger partial charge in [-0.25, -0.2) is 0 Å². The minimum absolute atomic E-state index is 0.0333. The van der Waals surface area contributed by atoms with Gasteiger partial charge in [0.25, 0.3) is 0 Å². The van der Waals surface area contributed by atoms with E-state index in [1.807, 2.05) is 54.7 Å². The number of nitrogens with one attached hydrogen (secondary N) is 1. The smallest absolute Gasteiger partial charge is 0.306 e. The zero-order valence-electron chi connectivity index (χ0n) is 35.3. The molecule has 0 spiro atoms. The second-order valence-corrected chi connectivity index (χ2v) is 14.5. The largest absolute Gasteiger partial charge is 0.461 e. The van der Waals surface area contributed by atoms with E-state index < -0.39 is 18.2 Å². The van der Waals surface area contributed by atoms with Crippen LogP contribution in [0.1, 0.15) is 175 Å². The summed E-state index contributed by atoms with van der Waals surface area (Å²) in [5.41, 5.74) is 0. The lowest BCUT2D eigenvalue weighted by Crippen LogP contribution is -2.46. The Balaban J connectivity index is 4.79. The van der Waals surface area contributed by atoms with Gasteiger partial charge < -0.3 is 20.3 Å². The van der Waals surface area contributed by atoms with Gasteiger partial charge >= 0.3 is 5.97 Å². The van der Waals surface area contributed by atoms with Crippen molar-refractivity contribution in [1.82, 2.24) is 5.32 Å². The van der Waals surface area contributed by atoms with Crippen molar-refractivity contribution in [2.24, 2.45) is 0 Å². The molecule has 0 saturated heterocycles. The number of amides is 1. The summed E-state index contributed by atoms with van der Waals surface area (Å²) in [5.74, 6) is -0.646. The fourth-order valence-corrected chi connectivity index (χ4v) is 5.99. The monoisotopic (exact) mass is 764 g/mol. The van der Waals surface area contributed by atoms with Gasteiger partial charge in [0, 0.05) is 12.8 Å². The van der Waals surface area contributed by atoms with E-state index in [2.05, 4.69) is 68.6 Å². The fraction of sp³-hybridized carbons (Fsp3) is 0.633. The molecule has 0 aliphatic rings. The number of hydrogen-bond donors (Lipinski definition) is 3.